The third-order valence-corrected chi connectivity index (χ3v) is 3.23. The maximum atomic E-state index is 11.4. The Morgan fingerprint density at radius 3 is 2.40 bits per heavy atom. The number of Topliss-reactive ketones (excluding diaryl/α,β-unsaturated/α-hetero) is 1. The molecule has 0 aliphatic heterocycles. The Labute approximate surface area is 95.6 Å². The molecule has 0 fully saturated rings. The Morgan fingerprint density at radius 2 is 1.93 bits per heavy atom. The quantitative estimate of drug-likeness (QED) is 0.424. The maximum absolute atomic E-state index is 11.4. The molecule has 2 heteroatoms. The summed E-state index contributed by atoms with van der Waals surface area (Å²) in [7, 11) is 0. The van der Waals surface area contributed by atoms with Crippen molar-refractivity contribution in [3.05, 3.63) is 42.0 Å². The highest BCUT2D eigenvalue weighted by atomic mass is 32.2. The minimum atomic E-state index is 0.200. The van der Waals surface area contributed by atoms with Gasteiger partial charge in [-0.3, -0.25) is 4.79 Å². The SMILES string of the molecule is C=C(C)CSc1ccc(C(=O)CC)cc1. The summed E-state index contributed by atoms with van der Waals surface area (Å²) in [4.78, 5) is 12.6. The molecule has 1 aromatic carbocycles. The lowest BCUT2D eigenvalue weighted by Crippen LogP contribution is -1.95. The normalized spacial score (nSPS) is 10.0. The summed E-state index contributed by atoms with van der Waals surface area (Å²) in [6.45, 7) is 7.75. The van der Waals surface area contributed by atoms with E-state index in [1.807, 2.05) is 38.1 Å². The number of ketones is 1. The number of carbonyl (C=O) groups excluding carboxylic acids is 1. The fourth-order valence-corrected chi connectivity index (χ4v) is 1.89. The van der Waals surface area contributed by atoms with Gasteiger partial charge in [-0.25, -0.2) is 0 Å². The van der Waals surface area contributed by atoms with Crippen LogP contribution in [0.4, 0.5) is 0 Å². The Hall–Kier alpha value is -1.02. The summed E-state index contributed by atoms with van der Waals surface area (Å²) >= 11 is 1.75. The fraction of sp³-hybridized carbons (Fsp3) is 0.308. The molecule has 15 heavy (non-hydrogen) atoms. The monoisotopic (exact) mass is 220 g/mol. The molecule has 0 unspecified atom stereocenters. The lowest BCUT2D eigenvalue weighted by atomic mass is 10.1. The first-order chi connectivity index (χ1) is 7.13. The van der Waals surface area contributed by atoms with Gasteiger partial charge in [0.25, 0.3) is 0 Å². The zero-order valence-electron chi connectivity index (χ0n) is 9.25. The van der Waals surface area contributed by atoms with Gasteiger partial charge in [-0.1, -0.05) is 31.2 Å². The Morgan fingerprint density at radius 1 is 1.33 bits per heavy atom. The molecular weight excluding hydrogens is 204 g/mol. The molecule has 0 spiro atoms. The van der Waals surface area contributed by atoms with Gasteiger partial charge in [0.15, 0.2) is 5.78 Å². The van der Waals surface area contributed by atoms with Gasteiger partial charge in [0, 0.05) is 22.6 Å². The molecule has 0 aliphatic rings. The van der Waals surface area contributed by atoms with Crippen LogP contribution in [0.25, 0.3) is 0 Å². The van der Waals surface area contributed by atoms with Crippen molar-refractivity contribution in [2.24, 2.45) is 0 Å². The first-order valence-electron chi connectivity index (χ1n) is 5.04. The largest absolute Gasteiger partial charge is 0.294 e. The van der Waals surface area contributed by atoms with Crippen LogP contribution in [0.15, 0.2) is 41.3 Å². The molecule has 0 N–H and O–H groups in total. The number of rotatable bonds is 5. The van der Waals surface area contributed by atoms with Crippen LogP contribution in [-0.4, -0.2) is 11.5 Å². The lowest BCUT2D eigenvalue weighted by molar-refractivity contribution is 0.0988. The van der Waals surface area contributed by atoms with Crippen molar-refractivity contribution in [3.63, 3.8) is 0 Å². The van der Waals surface area contributed by atoms with Gasteiger partial charge in [0.1, 0.15) is 0 Å². The van der Waals surface area contributed by atoms with Crippen molar-refractivity contribution < 1.29 is 4.79 Å². The molecule has 0 aliphatic carbocycles. The van der Waals surface area contributed by atoms with Crippen molar-refractivity contribution in [2.45, 2.75) is 25.2 Å². The van der Waals surface area contributed by atoms with Gasteiger partial charge in [0.05, 0.1) is 0 Å². The van der Waals surface area contributed by atoms with Crippen molar-refractivity contribution in [3.8, 4) is 0 Å². The van der Waals surface area contributed by atoms with E-state index in [-0.39, 0.29) is 5.78 Å². The van der Waals surface area contributed by atoms with Crippen LogP contribution in [0.3, 0.4) is 0 Å². The summed E-state index contributed by atoms with van der Waals surface area (Å²) in [6.07, 6.45) is 0.568. The molecule has 1 nitrogen and oxygen atoms in total. The van der Waals surface area contributed by atoms with E-state index in [1.54, 1.807) is 11.8 Å². The second-order valence-corrected chi connectivity index (χ2v) is 4.60. The van der Waals surface area contributed by atoms with Crippen molar-refractivity contribution in [2.75, 3.05) is 5.75 Å². The topological polar surface area (TPSA) is 17.1 Å². The number of carbonyl (C=O) groups is 1. The Bertz CT molecular complexity index is 351. The molecule has 0 atom stereocenters. The highest BCUT2D eigenvalue weighted by Gasteiger charge is 2.02. The maximum Gasteiger partial charge on any atom is 0.162 e. The molecule has 0 saturated carbocycles. The molecule has 0 aromatic heterocycles. The molecule has 0 bridgehead atoms. The molecule has 80 valence electrons. The van der Waals surface area contributed by atoms with E-state index in [0.29, 0.717) is 6.42 Å². The van der Waals surface area contributed by atoms with E-state index < -0.39 is 0 Å². The number of hydrogen-bond donors (Lipinski definition) is 0. The Kier molecular flexibility index (Phi) is 4.63. The first kappa shape index (κ1) is 12.1. The zero-order valence-corrected chi connectivity index (χ0v) is 10.1. The van der Waals surface area contributed by atoms with Gasteiger partial charge < -0.3 is 0 Å². The van der Waals surface area contributed by atoms with Gasteiger partial charge in [-0.2, -0.15) is 0 Å². The third kappa shape index (κ3) is 3.92. The van der Waals surface area contributed by atoms with Crippen LogP contribution < -0.4 is 0 Å². The summed E-state index contributed by atoms with van der Waals surface area (Å²) in [5.41, 5.74) is 1.96. The van der Waals surface area contributed by atoms with Crippen LogP contribution >= 0.6 is 11.8 Å². The number of hydrogen-bond acceptors (Lipinski definition) is 2. The predicted molar refractivity (Wildman–Crippen MR) is 66.6 cm³/mol. The van der Waals surface area contributed by atoms with Crippen molar-refractivity contribution in [1.82, 2.24) is 0 Å². The van der Waals surface area contributed by atoms with Crippen LogP contribution in [0, 0.1) is 0 Å². The van der Waals surface area contributed by atoms with Crippen LogP contribution in [0.1, 0.15) is 30.6 Å². The van der Waals surface area contributed by atoms with Crippen LogP contribution in [-0.2, 0) is 0 Å². The average Bonchev–Trinajstić information content (AvgIpc) is 2.26. The van der Waals surface area contributed by atoms with Gasteiger partial charge in [-0.05, 0) is 19.1 Å². The second kappa shape index (κ2) is 5.76. The third-order valence-electron chi connectivity index (χ3n) is 1.98. The van der Waals surface area contributed by atoms with Crippen LogP contribution in [0.2, 0.25) is 0 Å². The minimum Gasteiger partial charge on any atom is -0.294 e. The molecule has 1 rings (SSSR count). The first-order valence-corrected chi connectivity index (χ1v) is 6.02. The summed E-state index contributed by atoms with van der Waals surface area (Å²) in [6, 6.07) is 7.78. The predicted octanol–water partition coefficient (Wildman–Crippen LogP) is 3.95. The molecule has 0 heterocycles. The molecule has 1 aromatic rings. The highest BCUT2D eigenvalue weighted by molar-refractivity contribution is 7.99. The molecule has 0 amide bonds. The lowest BCUT2D eigenvalue weighted by Gasteiger charge is -2.02. The van der Waals surface area contributed by atoms with Crippen molar-refractivity contribution in [1.29, 1.82) is 0 Å². The summed E-state index contributed by atoms with van der Waals surface area (Å²) in [5.74, 6) is 1.13. The fourth-order valence-electron chi connectivity index (χ4n) is 1.15. The van der Waals surface area contributed by atoms with Gasteiger partial charge in [0.2, 0.25) is 0 Å². The Balaban J connectivity index is 2.64. The van der Waals surface area contributed by atoms with E-state index in [4.69, 9.17) is 0 Å². The minimum absolute atomic E-state index is 0.200. The van der Waals surface area contributed by atoms with Crippen LogP contribution in [0.5, 0.6) is 0 Å². The zero-order chi connectivity index (χ0) is 11.3. The van der Waals surface area contributed by atoms with E-state index in [0.717, 1.165) is 16.9 Å². The number of thioether (sulfide) groups is 1. The standard InChI is InChI=1S/C13H16OS/c1-4-13(14)11-5-7-12(8-6-11)15-9-10(2)3/h5-8H,2,4,9H2,1,3H3. The molecule has 0 radical (unpaired) electrons. The molecule has 0 saturated heterocycles. The van der Waals surface area contributed by atoms with Gasteiger partial charge >= 0.3 is 0 Å². The van der Waals surface area contributed by atoms with E-state index in [1.165, 1.54) is 4.90 Å². The summed E-state index contributed by atoms with van der Waals surface area (Å²) < 4.78 is 0. The smallest absolute Gasteiger partial charge is 0.162 e. The average molecular weight is 220 g/mol. The van der Waals surface area contributed by atoms with E-state index >= 15 is 0 Å². The summed E-state index contributed by atoms with van der Waals surface area (Å²) in [5, 5.41) is 0. The molecular formula is C13H16OS. The highest BCUT2D eigenvalue weighted by Crippen LogP contribution is 2.20. The van der Waals surface area contributed by atoms with Crippen molar-refractivity contribution >= 4 is 17.5 Å². The van der Waals surface area contributed by atoms with E-state index in [9.17, 15) is 4.79 Å². The number of benzene rings is 1. The van der Waals surface area contributed by atoms with Gasteiger partial charge in [-0.15, -0.1) is 11.8 Å². The second-order valence-electron chi connectivity index (χ2n) is 3.55. The van der Waals surface area contributed by atoms with E-state index in [2.05, 4.69) is 6.58 Å².